The first-order valence-electron chi connectivity index (χ1n) is 14.8. The lowest BCUT2D eigenvalue weighted by molar-refractivity contribution is -0.143. The molecule has 0 aliphatic heterocycles. The summed E-state index contributed by atoms with van der Waals surface area (Å²) < 4.78 is 27.9. The van der Waals surface area contributed by atoms with Gasteiger partial charge in [-0.25, -0.2) is 14.4 Å². The number of ether oxygens (including phenoxy) is 5. The molecule has 0 heterocycles. The molecule has 0 aromatic heterocycles. The molecule has 2 unspecified atom stereocenters. The highest BCUT2D eigenvalue weighted by molar-refractivity contribution is 5.94. The molecule has 3 aromatic carbocycles. The third-order valence-electron chi connectivity index (χ3n) is 6.66. The molecule has 3 rings (SSSR count). The van der Waals surface area contributed by atoms with Crippen molar-refractivity contribution in [1.29, 1.82) is 0 Å². The van der Waals surface area contributed by atoms with Crippen molar-refractivity contribution in [2.75, 3.05) is 13.2 Å². The molecule has 9 nitrogen and oxygen atoms in total. The molecule has 1 N–H and O–H groups in total. The molecule has 0 saturated carbocycles. The Hall–Kier alpha value is -4.63. The number of aliphatic hydroxyl groups excluding tert-OH is 1. The molecule has 0 amide bonds. The predicted octanol–water partition coefficient (Wildman–Crippen LogP) is 6.72. The molecule has 0 bridgehead atoms. The van der Waals surface area contributed by atoms with Gasteiger partial charge in [-0.05, 0) is 92.8 Å². The summed E-state index contributed by atoms with van der Waals surface area (Å²) in [6.07, 6.45) is 5.17. The maximum absolute atomic E-state index is 12.9. The highest BCUT2D eigenvalue weighted by Crippen LogP contribution is 2.25. The van der Waals surface area contributed by atoms with E-state index in [1.54, 1.807) is 48.5 Å². The van der Waals surface area contributed by atoms with E-state index in [1.807, 2.05) is 6.92 Å². The minimum absolute atomic E-state index is 0.154. The van der Waals surface area contributed by atoms with Crippen molar-refractivity contribution in [2.45, 2.75) is 64.6 Å². The van der Waals surface area contributed by atoms with Gasteiger partial charge in [-0.3, -0.25) is 0 Å². The van der Waals surface area contributed by atoms with Gasteiger partial charge in [-0.2, -0.15) is 0 Å². The van der Waals surface area contributed by atoms with Crippen molar-refractivity contribution >= 4 is 17.9 Å². The van der Waals surface area contributed by atoms with Crippen LogP contribution in [0.3, 0.4) is 0 Å². The molecule has 0 fully saturated rings. The Balaban J connectivity index is 1.49. The number of esters is 3. The van der Waals surface area contributed by atoms with Gasteiger partial charge in [0.25, 0.3) is 0 Å². The van der Waals surface area contributed by atoms with Crippen LogP contribution in [0.1, 0.15) is 73.1 Å². The Morgan fingerprint density at radius 3 is 2.02 bits per heavy atom. The average Bonchev–Trinajstić information content (AvgIpc) is 3.05. The summed E-state index contributed by atoms with van der Waals surface area (Å²) in [6, 6.07) is 19.4. The van der Waals surface area contributed by atoms with Crippen molar-refractivity contribution in [3.63, 3.8) is 0 Å². The lowest BCUT2D eigenvalue weighted by atomic mass is 10.1. The van der Waals surface area contributed by atoms with E-state index >= 15 is 0 Å². The molecule has 2 atom stereocenters. The van der Waals surface area contributed by atoms with E-state index < -0.39 is 24.0 Å². The Labute approximate surface area is 258 Å². The minimum Gasteiger partial charge on any atom is -0.494 e. The van der Waals surface area contributed by atoms with Crippen LogP contribution < -0.4 is 18.9 Å². The predicted molar refractivity (Wildman–Crippen MR) is 165 cm³/mol. The first kappa shape index (κ1) is 33.9. The standard InChI is InChI=1S/C35H40O9/c1-4-7-11-30(24-36)41-32-14-9-8-13-31(32)35(39)44-29-21-19-28(20-22-29)43-34(38)25-15-17-27(18-16-25)40-23-10-12-26(5-2)42-33(37)6-3/h6,8-9,13-22,26,30,36H,3-5,7,10-12,23-24H2,1-2H3. The molecule has 0 saturated heterocycles. The zero-order chi connectivity index (χ0) is 31.7. The summed E-state index contributed by atoms with van der Waals surface area (Å²) in [5.74, 6) is -0.110. The molecule has 9 heteroatoms. The monoisotopic (exact) mass is 604 g/mol. The first-order chi connectivity index (χ1) is 21.4. The fraction of sp³-hybridized carbons (Fsp3) is 0.343. The summed E-state index contributed by atoms with van der Waals surface area (Å²) in [4.78, 5) is 36.9. The maximum Gasteiger partial charge on any atom is 0.347 e. The number of para-hydroxylation sites is 1. The first-order valence-corrected chi connectivity index (χ1v) is 14.8. The van der Waals surface area contributed by atoms with Gasteiger partial charge in [-0.1, -0.05) is 39.0 Å². The fourth-order valence-electron chi connectivity index (χ4n) is 4.19. The third-order valence-corrected chi connectivity index (χ3v) is 6.66. The third kappa shape index (κ3) is 10.9. The van der Waals surface area contributed by atoms with E-state index in [9.17, 15) is 19.5 Å². The van der Waals surface area contributed by atoms with Gasteiger partial charge in [0, 0.05) is 6.08 Å². The number of carbonyl (C=O) groups excluding carboxylic acids is 3. The molecular weight excluding hydrogens is 564 g/mol. The van der Waals surface area contributed by atoms with Crippen molar-refractivity contribution in [1.82, 2.24) is 0 Å². The van der Waals surface area contributed by atoms with Crippen LogP contribution in [0.4, 0.5) is 0 Å². The maximum atomic E-state index is 12.9. The molecule has 0 aliphatic rings. The summed E-state index contributed by atoms with van der Waals surface area (Å²) >= 11 is 0. The Morgan fingerprint density at radius 1 is 0.795 bits per heavy atom. The number of carbonyl (C=O) groups is 3. The number of hydrogen-bond acceptors (Lipinski definition) is 9. The van der Waals surface area contributed by atoms with Crippen LogP contribution in [0.5, 0.6) is 23.0 Å². The topological polar surface area (TPSA) is 118 Å². The van der Waals surface area contributed by atoms with Gasteiger partial charge >= 0.3 is 17.9 Å². The van der Waals surface area contributed by atoms with Crippen LogP contribution in [0.25, 0.3) is 0 Å². The number of unbranched alkanes of at least 4 members (excludes halogenated alkanes) is 1. The van der Waals surface area contributed by atoms with Crippen LogP contribution >= 0.6 is 0 Å². The van der Waals surface area contributed by atoms with E-state index in [0.717, 1.165) is 18.9 Å². The number of aliphatic hydroxyl groups is 1. The minimum atomic E-state index is -0.610. The molecule has 0 aliphatic carbocycles. The second-order valence-electron chi connectivity index (χ2n) is 10.00. The molecular formula is C35H40O9. The van der Waals surface area contributed by atoms with Crippen molar-refractivity contribution in [3.05, 3.63) is 96.6 Å². The second kappa shape index (κ2) is 18.1. The number of rotatable bonds is 18. The lowest BCUT2D eigenvalue weighted by Crippen LogP contribution is -2.22. The largest absolute Gasteiger partial charge is 0.494 e. The van der Waals surface area contributed by atoms with Crippen molar-refractivity contribution < 1.29 is 43.2 Å². The quantitative estimate of drug-likeness (QED) is 0.0730. The number of hydrogen-bond donors (Lipinski definition) is 1. The van der Waals surface area contributed by atoms with Gasteiger partial charge in [0.1, 0.15) is 40.8 Å². The summed E-state index contributed by atoms with van der Waals surface area (Å²) in [5.41, 5.74) is 0.580. The van der Waals surface area contributed by atoms with E-state index in [2.05, 4.69) is 13.5 Å². The molecule has 3 aromatic rings. The molecule has 0 spiro atoms. The normalized spacial score (nSPS) is 12.0. The van der Waals surface area contributed by atoms with Gasteiger partial charge in [-0.15, -0.1) is 0 Å². The molecule has 44 heavy (non-hydrogen) atoms. The highest BCUT2D eigenvalue weighted by Gasteiger charge is 2.18. The Bertz CT molecular complexity index is 1350. The molecule has 234 valence electrons. The lowest BCUT2D eigenvalue weighted by Gasteiger charge is -2.18. The van der Waals surface area contributed by atoms with Crippen LogP contribution in [0.15, 0.2) is 85.5 Å². The Kier molecular flexibility index (Phi) is 14.0. The van der Waals surface area contributed by atoms with Crippen molar-refractivity contribution in [3.8, 4) is 23.0 Å². The summed E-state index contributed by atoms with van der Waals surface area (Å²) in [7, 11) is 0. The van der Waals surface area contributed by atoms with E-state index in [-0.39, 0.29) is 29.8 Å². The van der Waals surface area contributed by atoms with Gasteiger partial charge in [0.15, 0.2) is 0 Å². The van der Waals surface area contributed by atoms with E-state index in [4.69, 9.17) is 23.7 Å². The van der Waals surface area contributed by atoms with Gasteiger partial charge in [0.05, 0.1) is 18.8 Å². The van der Waals surface area contributed by atoms with Crippen LogP contribution in [0.2, 0.25) is 0 Å². The zero-order valence-electron chi connectivity index (χ0n) is 25.2. The van der Waals surface area contributed by atoms with Gasteiger partial charge < -0.3 is 28.8 Å². The Morgan fingerprint density at radius 2 is 1.41 bits per heavy atom. The van der Waals surface area contributed by atoms with Gasteiger partial charge in [0.2, 0.25) is 0 Å². The van der Waals surface area contributed by atoms with Crippen molar-refractivity contribution in [2.24, 2.45) is 0 Å². The zero-order valence-corrected chi connectivity index (χ0v) is 25.2. The average molecular weight is 605 g/mol. The summed E-state index contributed by atoms with van der Waals surface area (Å²) in [5, 5.41) is 9.64. The SMILES string of the molecule is C=CC(=O)OC(CC)CCCOc1ccc(C(=O)Oc2ccc(OC(=O)c3ccccc3OC(CO)CCCC)cc2)cc1. The highest BCUT2D eigenvalue weighted by atomic mass is 16.6. The van der Waals surface area contributed by atoms with Crippen LogP contribution in [-0.4, -0.2) is 48.4 Å². The number of benzene rings is 3. The van der Waals surface area contributed by atoms with Crippen LogP contribution in [0, 0.1) is 0 Å². The van der Waals surface area contributed by atoms with E-state index in [0.29, 0.717) is 49.4 Å². The van der Waals surface area contributed by atoms with Crippen LogP contribution in [-0.2, 0) is 9.53 Å². The second-order valence-corrected chi connectivity index (χ2v) is 10.00. The van der Waals surface area contributed by atoms with E-state index in [1.165, 1.54) is 24.3 Å². The smallest absolute Gasteiger partial charge is 0.347 e. The summed E-state index contributed by atoms with van der Waals surface area (Å²) in [6.45, 7) is 7.69. The molecule has 0 radical (unpaired) electrons. The fourth-order valence-corrected chi connectivity index (χ4v) is 4.19.